The monoisotopic (exact) mass is 267 g/mol. The highest BCUT2D eigenvalue weighted by Gasteiger charge is 2.29. The third-order valence-corrected chi connectivity index (χ3v) is 3.02. The van der Waals surface area contributed by atoms with Crippen molar-refractivity contribution in [2.75, 3.05) is 19.7 Å². The minimum atomic E-state index is -0.572. The fourth-order valence-corrected chi connectivity index (χ4v) is 2.05. The number of amides is 1. The van der Waals surface area contributed by atoms with Gasteiger partial charge >= 0.3 is 0 Å². The number of oxime groups is 1. The first-order valence-corrected chi connectivity index (χ1v) is 5.92. The number of aryl methyl sites for hydroxylation is 2. The van der Waals surface area contributed by atoms with Crippen LogP contribution in [0.5, 0.6) is 0 Å². The van der Waals surface area contributed by atoms with Crippen molar-refractivity contribution in [3.8, 4) is 0 Å². The van der Waals surface area contributed by atoms with Gasteiger partial charge in [0, 0.05) is 13.6 Å². The molecule has 0 spiro atoms. The lowest BCUT2D eigenvalue weighted by Crippen LogP contribution is -2.50. The van der Waals surface area contributed by atoms with Crippen LogP contribution in [0.3, 0.4) is 0 Å². The molecule has 1 atom stereocenters. The second kappa shape index (κ2) is 5.27. The Kier molecular flexibility index (Phi) is 3.70. The highest BCUT2D eigenvalue weighted by Crippen LogP contribution is 2.11. The summed E-state index contributed by atoms with van der Waals surface area (Å²) in [6, 6.07) is 1.73. The maximum Gasteiger partial charge on any atom is 0.272 e. The minimum absolute atomic E-state index is 0.0290. The van der Waals surface area contributed by atoms with Crippen molar-refractivity contribution in [2.24, 2.45) is 17.9 Å². The Morgan fingerprint density at radius 3 is 3.00 bits per heavy atom. The fourth-order valence-electron chi connectivity index (χ4n) is 2.05. The van der Waals surface area contributed by atoms with Gasteiger partial charge < -0.3 is 20.6 Å². The summed E-state index contributed by atoms with van der Waals surface area (Å²) >= 11 is 0. The minimum Gasteiger partial charge on any atom is -0.409 e. The first-order valence-electron chi connectivity index (χ1n) is 5.92. The molecule has 8 heteroatoms. The molecule has 104 valence electrons. The summed E-state index contributed by atoms with van der Waals surface area (Å²) in [4.78, 5) is 14.0. The Labute approximate surface area is 110 Å². The fraction of sp³-hybridized carbons (Fsp3) is 0.545. The lowest BCUT2D eigenvalue weighted by molar-refractivity contribution is 0.00624. The third kappa shape index (κ3) is 2.68. The smallest absolute Gasteiger partial charge is 0.272 e. The van der Waals surface area contributed by atoms with Crippen molar-refractivity contribution in [1.29, 1.82) is 0 Å². The van der Waals surface area contributed by atoms with Gasteiger partial charge in [0.2, 0.25) is 0 Å². The topological polar surface area (TPSA) is 106 Å². The van der Waals surface area contributed by atoms with Crippen molar-refractivity contribution < 1.29 is 14.7 Å². The van der Waals surface area contributed by atoms with Gasteiger partial charge in [-0.15, -0.1) is 0 Å². The van der Waals surface area contributed by atoms with Crippen molar-refractivity contribution >= 4 is 11.7 Å². The molecule has 3 N–H and O–H groups in total. The van der Waals surface area contributed by atoms with E-state index in [9.17, 15) is 4.79 Å². The molecule has 2 heterocycles. The van der Waals surface area contributed by atoms with Crippen LogP contribution in [0.1, 0.15) is 16.2 Å². The number of morpholine rings is 1. The van der Waals surface area contributed by atoms with Crippen molar-refractivity contribution in [3.63, 3.8) is 0 Å². The van der Waals surface area contributed by atoms with Gasteiger partial charge in [-0.25, -0.2) is 0 Å². The molecule has 0 saturated carbocycles. The number of nitrogens with zero attached hydrogens (tertiary/aromatic N) is 4. The molecule has 0 bridgehead atoms. The molecule has 1 saturated heterocycles. The molecule has 1 aliphatic rings. The maximum atomic E-state index is 12.4. The lowest BCUT2D eigenvalue weighted by Gasteiger charge is -2.32. The number of carbonyl (C=O) groups is 1. The number of amidine groups is 1. The predicted molar refractivity (Wildman–Crippen MR) is 67.0 cm³/mol. The van der Waals surface area contributed by atoms with Crippen molar-refractivity contribution in [2.45, 2.75) is 13.0 Å². The number of hydrogen-bond donors (Lipinski definition) is 2. The molecule has 19 heavy (non-hydrogen) atoms. The number of rotatable bonds is 2. The summed E-state index contributed by atoms with van der Waals surface area (Å²) in [5.74, 6) is -0.166. The predicted octanol–water partition coefficient (Wildman–Crippen LogP) is -0.684. The first kappa shape index (κ1) is 13.3. The zero-order valence-electron chi connectivity index (χ0n) is 10.9. The van der Waals surface area contributed by atoms with Crippen LogP contribution < -0.4 is 5.73 Å². The summed E-state index contributed by atoms with van der Waals surface area (Å²) in [5, 5.41) is 15.7. The molecule has 1 amide bonds. The normalized spacial score (nSPS) is 20.6. The van der Waals surface area contributed by atoms with Crippen molar-refractivity contribution in [3.05, 3.63) is 17.5 Å². The van der Waals surface area contributed by atoms with Gasteiger partial charge in [-0.1, -0.05) is 5.16 Å². The second-order valence-electron chi connectivity index (χ2n) is 4.43. The Bertz CT molecular complexity index is 510. The highest BCUT2D eigenvalue weighted by molar-refractivity contribution is 5.93. The van der Waals surface area contributed by atoms with E-state index in [1.54, 1.807) is 22.7 Å². The summed E-state index contributed by atoms with van der Waals surface area (Å²) in [6.45, 7) is 2.91. The van der Waals surface area contributed by atoms with Crippen LogP contribution in [0.4, 0.5) is 0 Å². The molecule has 1 aromatic heterocycles. The van der Waals surface area contributed by atoms with E-state index in [0.717, 1.165) is 5.69 Å². The average Bonchev–Trinajstić information content (AvgIpc) is 2.76. The molecule has 1 unspecified atom stereocenters. The first-order chi connectivity index (χ1) is 9.02. The van der Waals surface area contributed by atoms with E-state index in [1.807, 2.05) is 6.92 Å². The van der Waals surface area contributed by atoms with E-state index < -0.39 is 6.10 Å². The van der Waals surface area contributed by atoms with Crippen LogP contribution in [0.25, 0.3) is 0 Å². The van der Waals surface area contributed by atoms with Gasteiger partial charge in [-0.3, -0.25) is 9.48 Å². The Hall–Kier alpha value is -2.09. The Morgan fingerprint density at radius 1 is 1.68 bits per heavy atom. The summed E-state index contributed by atoms with van der Waals surface area (Å²) in [7, 11) is 1.72. The number of carbonyl (C=O) groups excluding carboxylic acids is 1. The molecule has 8 nitrogen and oxygen atoms in total. The molecular formula is C11H17N5O3. The summed E-state index contributed by atoms with van der Waals surface area (Å²) < 4.78 is 6.90. The van der Waals surface area contributed by atoms with Gasteiger partial charge in [0.05, 0.1) is 18.8 Å². The Balaban J connectivity index is 2.13. The molecule has 0 radical (unpaired) electrons. The van der Waals surface area contributed by atoms with Crippen LogP contribution in [0, 0.1) is 6.92 Å². The quantitative estimate of drug-likeness (QED) is 0.319. The van der Waals surface area contributed by atoms with Crippen LogP contribution in [-0.2, 0) is 11.8 Å². The molecule has 1 aromatic rings. The molecule has 0 aromatic carbocycles. The largest absolute Gasteiger partial charge is 0.409 e. The average molecular weight is 267 g/mol. The summed E-state index contributed by atoms with van der Waals surface area (Å²) in [6.07, 6.45) is -0.572. The van der Waals surface area contributed by atoms with E-state index >= 15 is 0 Å². The molecule has 1 fully saturated rings. The molecule has 2 rings (SSSR count). The number of hydrogen-bond acceptors (Lipinski definition) is 5. The van der Waals surface area contributed by atoms with Crippen LogP contribution >= 0.6 is 0 Å². The second-order valence-corrected chi connectivity index (χ2v) is 4.43. The SMILES string of the molecule is Cc1cc(C(=O)N2CCOC(C(N)=NO)C2)n(C)n1. The van der Waals surface area contributed by atoms with Crippen LogP contribution in [0.15, 0.2) is 11.2 Å². The van der Waals surface area contributed by atoms with Crippen LogP contribution in [-0.4, -0.2) is 57.4 Å². The number of ether oxygens (including phenoxy) is 1. The van der Waals surface area contributed by atoms with E-state index in [-0.39, 0.29) is 18.3 Å². The van der Waals surface area contributed by atoms with Gasteiger partial charge in [0.25, 0.3) is 5.91 Å². The van der Waals surface area contributed by atoms with Crippen molar-refractivity contribution in [1.82, 2.24) is 14.7 Å². The van der Waals surface area contributed by atoms with Gasteiger partial charge in [-0.05, 0) is 13.0 Å². The zero-order valence-corrected chi connectivity index (χ0v) is 10.9. The highest BCUT2D eigenvalue weighted by atomic mass is 16.5. The molecule has 1 aliphatic heterocycles. The molecule has 0 aliphatic carbocycles. The van der Waals surface area contributed by atoms with Crippen LogP contribution in [0.2, 0.25) is 0 Å². The van der Waals surface area contributed by atoms with Gasteiger partial charge in [0.15, 0.2) is 5.84 Å². The molecular weight excluding hydrogens is 250 g/mol. The van der Waals surface area contributed by atoms with Gasteiger partial charge in [-0.2, -0.15) is 5.10 Å². The number of nitrogens with two attached hydrogens (primary N) is 1. The number of aromatic nitrogens is 2. The zero-order chi connectivity index (χ0) is 14.0. The van der Waals surface area contributed by atoms with E-state index in [4.69, 9.17) is 15.7 Å². The van der Waals surface area contributed by atoms with E-state index in [2.05, 4.69) is 10.3 Å². The standard InChI is InChI=1S/C11H17N5O3/c1-7-5-8(15(2)13-7)11(17)16-3-4-19-9(6-16)10(12)14-18/h5,9,18H,3-4,6H2,1-2H3,(H2,12,14). The van der Waals surface area contributed by atoms with E-state index in [1.165, 1.54) is 0 Å². The van der Waals surface area contributed by atoms with Gasteiger partial charge in [0.1, 0.15) is 11.8 Å². The lowest BCUT2D eigenvalue weighted by atomic mass is 10.2. The Morgan fingerprint density at radius 2 is 2.42 bits per heavy atom. The third-order valence-electron chi connectivity index (χ3n) is 3.02. The summed E-state index contributed by atoms with van der Waals surface area (Å²) in [5.41, 5.74) is 6.80. The van der Waals surface area contributed by atoms with E-state index in [0.29, 0.717) is 18.8 Å². The maximum absolute atomic E-state index is 12.4.